The van der Waals surface area contributed by atoms with Crippen molar-refractivity contribution in [1.29, 1.82) is 0 Å². The number of pyridine rings is 1. The normalized spacial score (nSPS) is 31.9. The van der Waals surface area contributed by atoms with Gasteiger partial charge < -0.3 is 4.90 Å². The number of halogens is 1. The van der Waals surface area contributed by atoms with Crippen LogP contribution in [0.2, 0.25) is 0 Å². The topological polar surface area (TPSA) is 16.1 Å². The van der Waals surface area contributed by atoms with Gasteiger partial charge in [0.05, 0.1) is 0 Å². The molecule has 1 aromatic heterocycles. The Bertz CT molecular complexity index is 376. The minimum absolute atomic E-state index is 0.922. The number of nitrogens with zero attached hydrogens (tertiary/aromatic N) is 2. The summed E-state index contributed by atoms with van der Waals surface area (Å²) in [5.74, 6) is 3.98. The van der Waals surface area contributed by atoms with Gasteiger partial charge in [-0.05, 0) is 58.7 Å². The zero-order valence-corrected chi connectivity index (χ0v) is 11.9. The molecule has 3 rings (SSSR count). The van der Waals surface area contributed by atoms with Crippen molar-refractivity contribution in [3.8, 4) is 0 Å². The molecule has 3 atom stereocenters. The van der Waals surface area contributed by atoms with E-state index in [0.717, 1.165) is 28.0 Å². The Balaban J connectivity index is 1.68. The molecule has 2 heterocycles. The van der Waals surface area contributed by atoms with E-state index in [1.807, 2.05) is 6.20 Å². The molecule has 0 spiro atoms. The highest BCUT2D eigenvalue weighted by molar-refractivity contribution is 9.10. The van der Waals surface area contributed by atoms with E-state index in [2.05, 4.69) is 44.9 Å². The zero-order chi connectivity index (χ0) is 11.8. The maximum atomic E-state index is 4.51. The number of hydrogen-bond donors (Lipinski definition) is 0. The fourth-order valence-corrected chi connectivity index (χ4v) is 3.74. The molecule has 2 fully saturated rings. The molecule has 1 aliphatic carbocycles. The Hall–Kier alpha value is -0.570. The van der Waals surface area contributed by atoms with Crippen molar-refractivity contribution in [2.45, 2.75) is 26.2 Å². The third kappa shape index (κ3) is 2.22. The summed E-state index contributed by atoms with van der Waals surface area (Å²) < 4.78 is 1.06. The van der Waals surface area contributed by atoms with Crippen molar-refractivity contribution in [1.82, 2.24) is 4.98 Å². The first kappa shape index (κ1) is 11.5. The first-order chi connectivity index (χ1) is 8.26. The van der Waals surface area contributed by atoms with Gasteiger partial charge in [0.2, 0.25) is 0 Å². The number of anilines is 1. The highest BCUT2D eigenvalue weighted by Crippen LogP contribution is 2.43. The molecule has 0 N–H and O–H groups in total. The smallest absolute Gasteiger partial charge is 0.128 e. The summed E-state index contributed by atoms with van der Waals surface area (Å²) in [5, 5.41) is 0. The Morgan fingerprint density at radius 1 is 1.29 bits per heavy atom. The van der Waals surface area contributed by atoms with E-state index in [1.54, 1.807) is 0 Å². The van der Waals surface area contributed by atoms with Crippen LogP contribution in [0.15, 0.2) is 22.8 Å². The number of hydrogen-bond acceptors (Lipinski definition) is 2. The molecule has 2 nitrogen and oxygen atoms in total. The molecule has 17 heavy (non-hydrogen) atoms. The fraction of sp³-hybridized carbons (Fsp3) is 0.643. The second kappa shape index (κ2) is 4.60. The SMILES string of the molecule is CCC1C[C@@H]2CN(c3ccc(Br)cn3)C[C@@H]2C1. The molecular formula is C14H19BrN2. The number of aromatic nitrogens is 1. The molecule has 0 aromatic carbocycles. The van der Waals surface area contributed by atoms with Gasteiger partial charge in [0.1, 0.15) is 5.82 Å². The first-order valence-electron chi connectivity index (χ1n) is 6.62. The molecule has 1 aromatic rings. The highest BCUT2D eigenvalue weighted by atomic mass is 79.9. The van der Waals surface area contributed by atoms with Gasteiger partial charge >= 0.3 is 0 Å². The highest BCUT2D eigenvalue weighted by Gasteiger charge is 2.40. The fourth-order valence-electron chi connectivity index (χ4n) is 3.50. The predicted molar refractivity (Wildman–Crippen MR) is 74.1 cm³/mol. The number of rotatable bonds is 2. The summed E-state index contributed by atoms with van der Waals surface area (Å²) in [5.41, 5.74) is 0. The quantitative estimate of drug-likeness (QED) is 0.826. The molecule has 1 saturated carbocycles. The Kier molecular flexibility index (Phi) is 3.12. The molecular weight excluding hydrogens is 276 g/mol. The second-order valence-electron chi connectivity index (χ2n) is 5.51. The van der Waals surface area contributed by atoms with Crippen LogP contribution in [0.25, 0.3) is 0 Å². The van der Waals surface area contributed by atoms with Gasteiger partial charge in [-0.2, -0.15) is 0 Å². The summed E-state index contributed by atoms with van der Waals surface area (Å²) in [7, 11) is 0. The molecule has 0 amide bonds. The van der Waals surface area contributed by atoms with Crippen LogP contribution in [0.4, 0.5) is 5.82 Å². The summed E-state index contributed by atoms with van der Waals surface area (Å²) in [6, 6.07) is 4.22. The van der Waals surface area contributed by atoms with Crippen molar-refractivity contribution in [2.24, 2.45) is 17.8 Å². The van der Waals surface area contributed by atoms with Crippen LogP contribution in [0.1, 0.15) is 26.2 Å². The van der Waals surface area contributed by atoms with E-state index in [4.69, 9.17) is 0 Å². The minimum Gasteiger partial charge on any atom is -0.356 e. The summed E-state index contributed by atoms with van der Waals surface area (Å²) in [6.07, 6.45) is 6.14. The van der Waals surface area contributed by atoms with Crippen molar-refractivity contribution in [2.75, 3.05) is 18.0 Å². The Morgan fingerprint density at radius 3 is 2.53 bits per heavy atom. The summed E-state index contributed by atoms with van der Waals surface area (Å²) in [4.78, 5) is 6.97. The average molecular weight is 295 g/mol. The summed E-state index contributed by atoms with van der Waals surface area (Å²) >= 11 is 3.44. The van der Waals surface area contributed by atoms with Crippen LogP contribution < -0.4 is 4.90 Å². The maximum Gasteiger partial charge on any atom is 0.128 e. The lowest BCUT2D eigenvalue weighted by molar-refractivity contribution is 0.488. The van der Waals surface area contributed by atoms with Crippen LogP contribution in [0, 0.1) is 17.8 Å². The van der Waals surface area contributed by atoms with Crippen molar-refractivity contribution in [3.63, 3.8) is 0 Å². The van der Waals surface area contributed by atoms with Crippen LogP contribution in [0.5, 0.6) is 0 Å². The van der Waals surface area contributed by atoms with E-state index < -0.39 is 0 Å². The average Bonchev–Trinajstić information content (AvgIpc) is 2.87. The lowest BCUT2D eigenvalue weighted by Crippen LogP contribution is -2.22. The first-order valence-corrected chi connectivity index (χ1v) is 7.42. The third-order valence-corrected chi connectivity index (χ3v) is 4.93. The van der Waals surface area contributed by atoms with Gasteiger partial charge in [-0.25, -0.2) is 4.98 Å². The van der Waals surface area contributed by atoms with E-state index >= 15 is 0 Å². The molecule has 1 unspecified atom stereocenters. The Morgan fingerprint density at radius 2 is 2.00 bits per heavy atom. The zero-order valence-electron chi connectivity index (χ0n) is 10.3. The molecule has 1 saturated heterocycles. The maximum absolute atomic E-state index is 4.51. The van der Waals surface area contributed by atoms with Gasteiger partial charge in [0.15, 0.2) is 0 Å². The third-order valence-electron chi connectivity index (χ3n) is 4.46. The molecule has 1 aliphatic heterocycles. The molecule has 2 aliphatic rings. The lowest BCUT2D eigenvalue weighted by Gasteiger charge is -2.19. The van der Waals surface area contributed by atoms with Crippen LogP contribution in [-0.2, 0) is 0 Å². The van der Waals surface area contributed by atoms with Crippen molar-refractivity contribution >= 4 is 21.7 Å². The van der Waals surface area contributed by atoms with Crippen molar-refractivity contribution in [3.05, 3.63) is 22.8 Å². The Labute approximate surface area is 112 Å². The molecule has 0 bridgehead atoms. The van der Waals surface area contributed by atoms with Gasteiger partial charge in [-0.15, -0.1) is 0 Å². The monoisotopic (exact) mass is 294 g/mol. The minimum atomic E-state index is 0.922. The largest absolute Gasteiger partial charge is 0.356 e. The number of fused-ring (bicyclic) bond motifs is 1. The molecule has 92 valence electrons. The summed E-state index contributed by atoms with van der Waals surface area (Å²) in [6.45, 7) is 4.77. The van der Waals surface area contributed by atoms with E-state index in [-0.39, 0.29) is 0 Å². The van der Waals surface area contributed by atoms with Crippen molar-refractivity contribution < 1.29 is 0 Å². The van der Waals surface area contributed by atoms with Crippen LogP contribution in [-0.4, -0.2) is 18.1 Å². The standard InChI is InChI=1S/C14H19BrN2/c1-2-10-5-11-8-17(9-12(11)6-10)14-4-3-13(15)7-16-14/h3-4,7,10-12H,2,5-6,8-9H2,1H3/t10?,11-,12+. The van der Waals surface area contributed by atoms with Gasteiger partial charge in [-0.1, -0.05) is 13.3 Å². The van der Waals surface area contributed by atoms with Gasteiger partial charge in [0, 0.05) is 23.8 Å². The predicted octanol–water partition coefficient (Wildman–Crippen LogP) is 3.72. The van der Waals surface area contributed by atoms with Crippen LogP contribution in [0.3, 0.4) is 0 Å². The van der Waals surface area contributed by atoms with Gasteiger partial charge in [0.25, 0.3) is 0 Å². The van der Waals surface area contributed by atoms with E-state index in [0.29, 0.717) is 0 Å². The molecule has 0 radical (unpaired) electrons. The lowest BCUT2D eigenvalue weighted by atomic mass is 10.0. The second-order valence-corrected chi connectivity index (χ2v) is 6.42. The van der Waals surface area contributed by atoms with Crippen LogP contribution >= 0.6 is 15.9 Å². The van der Waals surface area contributed by atoms with Gasteiger partial charge in [-0.3, -0.25) is 0 Å². The molecule has 3 heteroatoms. The van der Waals surface area contributed by atoms with E-state index in [1.165, 1.54) is 32.4 Å². The van der Waals surface area contributed by atoms with E-state index in [9.17, 15) is 0 Å².